The topological polar surface area (TPSA) is 78.4 Å². The Bertz CT molecular complexity index is 263. The number of rotatable bonds is 3. The second-order valence-electron chi connectivity index (χ2n) is 4.52. The highest BCUT2D eigenvalue weighted by atomic mass is 16.3. The number of nitrogens with one attached hydrogen (secondary N) is 2. The van der Waals surface area contributed by atoms with Gasteiger partial charge >= 0.3 is 0 Å². The Morgan fingerprint density at radius 2 is 2.33 bits per heavy atom. The van der Waals surface area contributed by atoms with E-state index >= 15 is 0 Å². The Balaban J connectivity index is 2.56. The smallest absolute Gasteiger partial charge is 0.233 e. The van der Waals surface area contributed by atoms with Gasteiger partial charge in [0.2, 0.25) is 11.8 Å². The molecule has 15 heavy (non-hydrogen) atoms. The first-order valence-corrected chi connectivity index (χ1v) is 5.17. The molecule has 1 aliphatic rings. The zero-order chi connectivity index (χ0) is 11.5. The summed E-state index contributed by atoms with van der Waals surface area (Å²) in [5.41, 5.74) is -0.672. The van der Waals surface area contributed by atoms with Crippen LogP contribution in [0.25, 0.3) is 0 Å². The number of carbonyl (C=O) groups is 2. The number of hydrogen-bond donors (Lipinski definition) is 3. The predicted octanol–water partition coefficient (Wildman–Crippen LogP) is -0.600. The van der Waals surface area contributed by atoms with Crippen LogP contribution in [-0.2, 0) is 9.59 Å². The number of aliphatic hydroxyl groups excluding tert-OH is 1. The number of amides is 2. The molecule has 0 aromatic heterocycles. The second kappa shape index (κ2) is 4.61. The molecule has 0 spiro atoms. The van der Waals surface area contributed by atoms with Crippen LogP contribution < -0.4 is 10.6 Å². The van der Waals surface area contributed by atoms with Crippen molar-refractivity contribution >= 4 is 11.8 Å². The third kappa shape index (κ3) is 3.20. The first kappa shape index (κ1) is 12.0. The van der Waals surface area contributed by atoms with Gasteiger partial charge in [0.1, 0.15) is 5.92 Å². The van der Waals surface area contributed by atoms with E-state index in [9.17, 15) is 9.59 Å². The minimum atomic E-state index is -0.672. The molecular formula is C10H18N2O3. The predicted molar refractivity (Wildman–Crippen MR) is 55.0 cm³/mol. The molecule has 0 unspecified atom stereocenters. The maximum absolute atomic E-state index is 11.7. The van der Waals surface area contributed by atoms with Crippen LogP contribution in [0.1, 0.15) is 26.7 Å². The van der Waals surface area contributed by atoms with Gasteiger partial charge in [0, 0.05) is 6.54 Å². The standard InChI is InChI=1S/C10H18N2O3/c1-10(2,6-13)12-9(15)7-4-3-5-11-8(7)14/h7,13H,3-6H2,1-2H3,(H,11,14)(H,12,15)/t7-/m0/s1. The Labute approximate surface area is 89.2 Å². The molecule has 1 saturated heterocycles. The number of aliphatic hydroxyl groups is 1. The lowest BCUT2D eigenvalue weighted by atomic mass is 9.96. The number of hydrogen-bond acceptors (Lipinski definition) is 3. The Morgan fingerprint density at radius 3 is 2.87 bits per heavy atom. The van der Waals surface area contributed by atoms with Crippen LogP contribution in [0.3, 0.4) is 0 Å². The molecule has 1 atom stereocenters. The van der Waals surface area contributed by atoms with Crippen molar-refractivity contribution in [3.8, 4) is 0 Å². The molecule has 5 heteroatoms. The maximum Gasteiger partial charge on any atom is 0.233 e. The first-order valence-electron chi connectivity index (χ1n) is 5.17. The van der Waals surface area contributed by atoms with Crippen LogP contribution in [0.15, 0.2) is 0 Å². The van der Waals surface area contributed by atoms with Gasteiger partial charge in [0.25, 0.3) is 0 Å². The van der Waals surface area contributed by atoms with Gasteiger partial charge in [-0.25, -0.2) is 0 Å². The van der Waals surface area contributed by atoms with E-state index < -0.39 is 11.5 Å². The van der Waals surface area contributed by atoms with Crippen LogP contribution in [0.4, 0.5) is 0 Å². The summed E-state index contributed by atoms with van der Waals surface area (Å²) >= 11 is 0. The molecule has 86 valence electrons. The summed E-state index contributed by atoms with van der Waals surface area (Å²) in [7, 11) is 0. The van der Waals surface area contributed by atoms with Crippen LogP contribution in [0.2, 0.25) is 0 Å². The normalized spacial score (nSPS) is 22.1. The number of piperidine rings is 1. The van der Waals surface area contributed by atoms with Crippen molar-refractivity contribution in [2.45, 2.75) is 32.2 Å². The molecule has 0 radical (unpaired) electrons. The molecule has 0 bridgehead atoms. The molecule has 1 aliphatic heterocycles. The average Bonchev–Trinajstić information content (AvgIpc) is 2.17. The summed E-state index contributed by atoms with van der Waals surface area (Å²) in [6, 6.07) is 0. The van der Waals surface area contributed by atoms with Crippen LogP contribution in [0, 0.1) is 5.92 Å². The van der Waals surface area contributed by atoms with E-state index in [-0.39, 0.29) is 18.4 Å². The summed E-state index contributed by atoms with van der Waals surface area (Å²) < 4.78 is 0. The fourth-order valence-corrected chi connectivity index (χ4v) is 1.48. The van der Waals surface area contributed by atoms with Gasteiger partial charge in [-0.3, -0.25) is 9.59 Å². The van der Waals surface area contributed by atoms with Crippen LogP contribution >= 0.6 is 0 Å². The molecule has 1 rings (SSSR count). The van der Waals surface area contributed by atoms with Crippen molar-refractivity contribution in [1.29, 1.82) is 0 Å². The Kier molecular flexibility index (Phi) is 3.68. The van der Waals surface area contributed by atoms with Gasteiger partial charge in [-0.1, -0.05) is 0 Å². The fraction of sp³-hybridized carbons (Fsp3) is 0.800. The molecule has 5 nitrogen and oxygen atoms in total. The molecule has 3 N–H and O–H groups in total. The van der Waals surface area contributed by atoms with Crippen molar-refractivity contribution in [2.24, 2.45) is 5.92 Å². The second-order valence-corrected chi connectivity index (χ2v) is 4.52. The van der Waals surface area contributed by atoms with Crippen molar-refractivity contribution in [1.82, 2.24) is 10.6 Å². The monoisotopic (exact) mass is 214 g/mol. The third-order valence-electron chi connectivity index (χ3n) is 2.46. The zero-order valence-corrected chi connectivity index (χ0v) is 9.17. The van der Waals surface area contributed by atoms with Gasteiger partial charge in [-0.2, -0.15) is 0 Å². The summed E-state index contributed by atoms with van der Waals surface area (Å²) in [5.74, 6) is -1.12. The van der Waals surface area contributed by atoms with Gasteiger partial charge in [-0.15, -0.1) is 0 Å². The summed E-state index contributed by atoms with van der Waals surface area (Å²) in [4.78, 5) is 23.1. The highest BCUT2D eigenvalue weighted by Gasteiger charge is 2.31. The Morgan fingerprint density at radius 1 is 1.67 bits per heavy atom. The van der Waals surface area contributed by atoms with Crippen molar-refractivity contribution < 1.29 is 14.7 Å². The number of carbonyl (C=O) groups excluding carboxylic acids is 2. The van der Waals surface area contributed by atoms with E-state index in [0.29, 0.717) is 13.0 Å². The van der Waals surface area contributed by atoms with Gasteiger partial charge in [0.05, 0.1) is 12.1 Å². The highest BCUT2D eigenvalue weighted by molar-refractivity contribution is 6.00. The summed E-state index contributed by atoms with van der Waals surface area (Å²) in [6.45, 7) is 3.93. The van der Waals surface area contributed by atoms with Crippen molar-refractivity contribution in [3.63, 3.8) is 0 Å². The molecule has 0 aliphatic carbocycles. The maximum atomic E-state index is 11.7. The van der Waals surface area contributed by atoms with Gasteiger partial charge in [0.15, 0.2) is 0 Å². The molecule has 1 fully saturated rings. The van der Waals surface area contributed by atoms with Gasteiger partial charge in [-0.05, 0) is 26.7 Å². The lowest BCUT2D eigenvalue weighted by Gasteiger charge is -2.28. The Hall–Kier alpha value is -1.10. The minimum absolute atomic E-state index is 0.146. The largest absolute Gasteiger partial charge is 0.394 e. The first-order chi connectivity index (χ1) is 6.96. The molecule has 0 aromatic rings. The van der Waals surface area contributed by atoms with E-state index in [1.807, 2.05) is 0 Å². The van der Waals surface area contributed by atoms with Crippen molar-refractivity contribution in [2.75, 3.05) is 13.2 Å². The average molecular weight is 214 g/mol. The molecular weight excluding hydrogens is 196 g/mol. The fourth-order valence-electron chi connectivity index (χ4n) is 1.48. The lowest BCUT2D eigenvalue weighted by Crippen LogP contribution is -2.52. The van der Waals surface area contributed by atoms with E-state index in [1.54, 1.807) is 13.8 Å². The van der Waals surface area contributed by atoms with E-state index in [0.717, 1.165) is 6.42 Å². The minimum Gasteiger partial charge on any atom is -0.394 e. The van der Waals surface area contributed by atoms with Crippen molar-refractivity contribution in [3.05, 3.63) is 0 Å². The van der Waals surface area contributed by atoms with E-state index in [2.05, 4.69) is 10.6 Å². The summed E-state index contributed by atoms with van der Waals surface area (Å²) in [6.07, 6.45) is 1.41. The van der Waals surface area contributed by atoms with E-state index in [1.165, 1.54) is 0 Å². The van der Waals surface area contributed by atoms with Gasteiger partial charge < -0.3 is 15.7 Å². The van der Waals surface area contributed by atoms with Crippen LogP contribution in [0.5, 0.6) is 0 Å². The molecule has 1 heterocycles. The molecule has 2 amide bonds. The zero-order valence-electron chi connectivity index (χ0n) is 9.17. The van der Waals surface area contributed by atoms with E-state index in [4.69, 9.17) is 5.11 Å². The third-order valence-corrected chi connectivity index (χ3v) is 2.46. The molecule has 0 saturated carbocycles. The summed E-state index contributed by atoms with van der Waals surface area (Å²) in [5, 5.41) is 14.3. The highest BCUT2D eigenvalue weighted by Crippen LogP contribution is 2.13. The SMILES string of the molecule is CC(C)(CO)NC(=O)[C@H]1CCCNC1=O. The lowest BCUT2D eigenvalue weighted by molar-refractivity contribution is -0.138. The quantitative estimate of drug-likeness (QED) is 0.549. The molecule has 0 aromatic carbocycles. The van der Waals surface area contributed by atoms with Crippen LogP contribution in [-0.4, -0.2) is 35.6 Å².